The maximum absolute atomic E-state index is 13.5. The minimum atomic E-state index is -1.17. The van der Waals surface area contributed by atoms with Gasteiger partial charge in [-0.3, -0.25) is 14.4 Å². The first-order valence-corrected chi connectivity index (χ1v) is 8.07. The number of hydrogen-bond acceptors (Lipinski definition) is 4. The second-order valence-corrected chi connectivity index (χ2v) is 5.75. The van der Waals surface area contributed by atoms with E-state index in [0.717, 1.165) is 12.1 Å². The van der Waals surface area contributed by atoms with Crippen LogP contribution in [0.3, 0.4) is 0 Å². The van der Waals surface area contributed by atoms with E-state index >= 15 is 0 Å². The van der Waals surface area contributed by atoms with Crippen molar-refractivity contribution in [2.75, 3.05) is 11.9 Å². The lowest BCUT2D eigenvalue weighted by Gasteiger charge is -2.14. The van der Waals surface area contributed by atoms with Gasteiger partial charge in [-0.25, -0.2) is 8.78 Å². The van der Waals surface area contributed by atoms with Gasteiger partial charge in [0.25, 0.3) is 11.8 Å². The Morgan fingerprint density at radius 2 is 1.78 bits per heavy atom. The predicted octanol–water partition coefficient (Wildman–Crippen LogP) is 2.57. The number of ether oxygens (including phenoxy) is 1. The Kier molecular flexibility index (Phi) is 6.59. The van der Waals surface area contributed by atoms with Crippen molar-refractivity contribution in [3.05, 3.63) is 65.2 Å². The summed E-state index contributed by atoms with van der Waals surface area (Å²) in [6, 6.07) is 9.47. The van der Waals surface area contributed by atoms with E-state index in [9.17, 15) is 23.2 Å². The number of aryl methyl sites for hydroxylation is 1. The zero-order chi connectivity index (χ0) is 20.0. The van der Waals surface area contributed by atoms with Gasteiger partial charge >= 0.3 is 5.97 Å². The molecule has 142 valence electrons. The fourth-order valence-corrected chi connectivity index (χ4v) is 2.10. The Hall–Kier alpha value is -3.29. The van der Waals surface area contributed by atoms with Crippen LogP contribution in [-0.4, -0.2) is 30.4 Å². The average molecular weight is 376 g/mol. The van der Waals surface area contributed by atoms with Gasteiger partial charge in [-0.2, -0.15) is 0 Å². The lowest BCUT2D eigenvalue weighted by Crippen LogP contribution is -2.36. The van der Waals surface area contributed by atoms with Crippen LogP contribution >= 0.6 is 0 Å². The smallest absolute Gasteiger partial charge is 0.326 e. The molecule has 0 saturated heterocycles. The molecule has 2 aromatic carbocycles. The number of hydrogen-bond donors (Lipinski definition) is 2. The number of esters is 1. The molecule has 0 fully saturated rings. The monoisotopic (exact) mass is 376 g/mol. The van der Waals surface area contributed by atoms with Gasteiger partial charge < -0.3 is 15.4 Å². The fraction of sp³-hybridized carbons (Fsp3) is 0.211. The van der Waals surface area contributed by atoms with Gasteiger partial charge in [0.15, 0.2) is 6.10 Å². The Morgan fingerprint density at radius 3 is 2.44 bits per heavy atom. The molecule has 0 heterocycles. The molecule has 0 aliphatic heterocycles. The average Bonchev–Trinajstić information content (AvgIpc) is 2.63. The normalized spacial score (nSPS) is 11.4. The van der Waals surface area contributed by atoms with E-state index in [1.165, 1.54) is 37.3 Å². The number of benzene rings is 2. The molecule has 0 spiro atoms. The number of carbonyl (C=O) groups excluding carboxylic acids is 3. The zero-order valence-electron chi connectivity index (χ0n) is 14.7. The minimum absolute atomic E-state index is 0.211. The SMILES string of the molecule is Cc1ccc(NC(=O)C(C)OC(=O)CNC(=O)c2ccccc2F)cc1F. The van der Waals surface area contributed by atoms with E-state index in [-0.39, 0.29) is 11.3 Å². The number of carbonyl (C=O) groups is 3. The summed E-state index contributed by atoms with van der Waals surface area (Å²) >= 11 is 0. The van der Waals surface area contributed by atoms with E-state index in [1.807, 2.05) is 0 Å². The molecule has 2 aromatic rings. The fourth-order valence-electron chi connectivity index (χ4n) is 2.10. The second kappa shape index (κ2) is 8.88. The number of halogens is 2. The highest BCUT2D eigenvalue weighted by atomic mass is 19.1. The molecule has 1 unspecified atom stereocenters. The van der Waals surface area contributed by atoms with Crippen LogP contribution in [0.1, 0.15) is 22.8 Å². The zero-order valence-corrected chi connectivity index (χ0v) is 14.7. The maximum atomic E-state index is 13.5. The summed E-state index contributed by atoms with van der Waals surface area (Å²) in [6.07, 6.45) is -1.17. The summed E-state index contributed by atoms with van der Waals surface area (Å²) in [5, 5.41) is 4.63. The van der Waals surface area contributed by atoms with E-state index in [4.69, 9.17) is 4.74 Å². The van der Waals surface area contributed by atoms with Crippen molar-refractivity contribution >= 4 is 23.5 Å². The molecule has 6 nitrogen and oxygen atoms in total. The summed E-state index contributed by atoms with van der Waals surface area (Å²) in [7, 11) is 0. The van der Waals surface area contributed by atoms with Crippen LogP contribution in [0.2, 0.25) is 0 Å². The van der Waals surface area contributed by atoms with Crippen LogP contribution in [-0.2, 0) is 14.3 Å². The molecule has 0 aliphatic carbocycles. The van der Waals surface area contributed by atoms with Crippen LogP contribution in [0.5, 0.6) is 0 Å². The highest BCUT2D eigenvalue weighted by Gasteiger charge is 2.19. The highest BCUT2D eigenvalue weighted by molar-refractivity contribution is 5.97. The number of nitrogens with one attached hydrogen (secondary N) is 2. The van der Waals surface area contributed by atoms with Crippen molar-refractivity contribution < 1.29 is 27.9 Å². The third kappa shape index (κ3) is 5.60. The van der Waals surface area contributed by atoms with Crippen molar-refractivity contribution in [1.82, 2.24) is 5.32 Å². The molecule has 27 heavy (non-hydrogen) atoms. The van der Waals surface area contributed by atoms with E-state index < -0.39 is 42.1 Å². The molecule has 8 heteroatoms. The van der Waals surface area contributed by atoms with Gasteiger partial charge in [0, 0.05) is 5.69 Å². The lowest BCUT2D eigenvalue weighted by molar-refractivity contribution is -0.152. The lowest BCUT2D eigenvalue weighted by atomic mass is 10.2. The number of anilines is 1. The molecule has 1 atom stereocenters. The largest absolute Gasteiger partial charge is 0.451 e. The second-order valence-electron chi connectivity index (χ2n) is 5.75. The summed E-state index contributed by atoms with van der Waals surface area (Å²) in [6.45, 7) is 2.38. The van der Waals surface area contributed by atoms with Crippen LogP contribution in [0.25, 0.3) is 0 Å². The topological polar surface area (TPSA) is 84.5 Å². The van der Waals surface area contributed by atoms with Crippen molar-refractivity contribution in [1.29, 1.82) is 0 Å². The van der Waals surface area contributed by atoms with Gasteiger partial charge in [-0.15, -0.1) is 0 Å². The van der Waals surface area contributed by atoms with Crippen molar-refractivity contribution in [2.45, 2.75) is 20.0 Å². The van der Waals surface area contributed by atoms with Gasteiger partial charge in [0.1, 0.15) is 18.2 Å². The van der Waals surface area contributed by atoms with Gasteiger partial charge in [-0.1, -0.05) is 18.2 Å². The molecular weight excluding hydrogens is 358 g/mol. The summed E-state index contributed by atoms with van der Waals surface area (Å²) < 4.78 is 31.9. The molecule has 0 saturated carbocycles. The molecule has 0 aromatic heterocycles. The Balaban J connectivity index is 1.83. The summed E-state index contributed by atoms with van der Waals surface area (Å²) in [4.78, 5) is 35.6. The Bertz CT molecular complexity index is 871. The number of rotatable bonds is 6. The van der Waals surface area contributed by atoms with Crippen LogP contribution in [0.15, 0.2) is 42.5 Å². The standard InChI is InChI=1S/C19H18F2N2O4/c1-11-7-8-13(9-16(11)21)23-18(25)12(2)27-17(24)10-22-19(26)14-5-3-4-6-15(14)20/h3-9,12H,10H2,1-2H3,(H,22,26)(H,23,25). The molecule has 0 aliphatic rings. The molecule has 2 amide bonds. The number of amides is 2. The first-order chi connectivity index (χ1) is 12.8. The first-order valence-electron chi connectivity index (χ1n) is 8.07. The van der Waals surface area contributed by atoms with Gasteiger partial charge in [0.2, 0.25) is 0 Å². The minimum Gasteiger partial charge on any atom is -0.451 e. The van der Waals surface area contributed by atoms with Crippen LogP contribution < -0.4 is 10.6 Å². The first kappa shape index (κ1) is 20.0. The van der Waals surface area contributed by atoms with Gasteiger partial charge in [0.05, 0.1) is 5.56 Å². The molecule has 0 bridgehead atoms. The third-order valence-corrected chi connectivity index (χ3v) is 3.63. The van der Waals surface area contributed by atoms with E-state index in [0.29, 0.717) is 5.56 Å². The predicted molar refractivity (Wildman–Crippen MR) is 94.1 cm³/mol. The summed E-state index contributed by atoms with van der Waals surface area (Å²) in [5.74, 6) is -3.52. The van der Waals surface area contributed by atoms with Crippen molar-refractivity contribution in [2.24, 2.45) is 0 Å². The Morgan fingerprint density at radius 1 is 1.07 bits per heavy atom. The highest BCUT2D eigenvalue weighted by Crippen LogP contribution is 2.14. The molecular formula is C19H18F2N2O4. The van der Waals surface area contributed by atoms with E-state index in [1.54, 1.807) is 6.92 Å². The van der Waals surface area contributed by atoms with Crippen molar-refractivity contribution in [3.8, 4) is 0 Å². The molecule has 2 rings (SSSR count). The third-order valence-electron chi connectivity index (χ3n) is 3.63. The van der Waals surface area contributed by atoms with Gasteiger partial charge in [-0.05, 0) is 43.7 Å². The molecule has 2 N–H and O–H groups in total. The summed E-state index contributed by atoms with van der Waals surface area (Å²) in [5.41, 5.74) is 0.439. The Labute approximate surface area is 154 Å². The quantitative estimate of drug-likeness (QED) is 0.759. The van der Waals surface area contributed by atoms with Crippen molar-refractivity contribution in [3.63, 3.8) is 0 Å². The van der Waals surface area contributed by atoms with E-state index in [2.05, 4.69) is 10.6 Å². The maximum Gasteiger partial charge on any atom is 0.326 e. The van der Waals surface area contributed by atoms with Crippen LogP contribution in [0.4, 0.5) is 14.5 Å². The van der Waals surface area contributed by atoms with Crippen LogP contribution in [0, 0.1) is 18.6 Å². The molecule has 0 radical (unpaired) electrons.